The molecule has 0 aliphatic rings. The number of rotatable bonds is 12. The molecule has 4 N–H and O–H groups in total. The third kappa shape index (κ3) is 8.80. The normalized spacial score (nSPS) is 12.0. The lowest BCUT2D eigenvalue weighted by Gasteiger charge is -2.22. The first-order valence-corrected chi connectivity index (χ1v) is 10.8. The van der Waals surface area contributed by atoms with E-state index in [4.69, 9.17) is 22.1 Å². The van der Waals surface area contributed by atoms with E-state index in [1.54, 1.807) is 24.3 Å². The number of hydrogen-bond acceptors (Lipinski definition) is 6. The fraction of sp³-hybridized carbons (Fsp3) is 0.208. The van der Waals surface area contributed by atoms with Gasteiger partial charge in [-0.2, -0.15) is 0 Å². The Labute approximate surface area is 199 Å². The third-order valence-corrected chi connectivity index (χ3v) is 4.72. The molecule has 0 saturated carbocycles. The molecule has 0 bridgehead atoms. The van der Waals surface area contributed by atoms with Crippen LogP contribution in [0.4, 0.5) is 17.1 Å². The predicted molar refractivity (Wildman–Crippen MR) is 138 cm³/mol. The van der Waals surface area contributed by atoms with Gasteiger partial charge in [0.15, 0.2) is 0 Å². The minimum Gasteiger partial charge on any atom is -0.440 e. The number of nitrogens with zero attached hydrogens (tertiary/aromatic N) is 3. The fourth-order valence-electron chi connectivity index (χ4n) is 2.73. The van der Waals surface area contributed by atoms with E-state index in [-0.39, 0.29) is 16.8 Å². The van der Waals surface area contributed by atoms with Crippen molar-refractivity contribution in [1.82, 2.24) is 5.32 Å². The molecule has 2 aromatic carbocycles. The number of carbonyl (C=O) groups excluding carboxylic acids is 1. The maximum absolute atomic E-state index is 11.4. The monoisotopic (exact) mass is 468 g/mol. The standard InChI is InChI=1S/C24H29ClN6O2/c1-4-23(32)30-19-7-6-8-21(15-19)33-24(26)22(25)16-28-17-29-18-9-11-20(12-10-18)31(5-2)14-13-27-3/h4,6-12,15-17,27H,1,5,13-14,26H2,2-3H3,(H,30,32)/b24-22-,28-16?,29-17?. The van der Waals surface area contributed by atoms with Crippen molar-refractivity contribution in [1.29, 1.82) is 0 Å². The van der Waals surface area contributed by atoms with Crippen LogP contribution in [0.25, 0.3) is 0 Å². The van der Waals surface area contributed by atoms with Gasteiger partial charge in [0.2, 0.25) is 11.8 Å². The molecule has 1 amide bonds. The van der Waals surface area contributed by atoms with E-state index in [0.29, 0.717) is 11.4 Å². The van der Waals surface area contributed by atoms with Crippen LogP contribution in [0.3, 0.4) is 0 Å². The molecule has 0 heterocycles. The van der Waals surface area contributed by atoms with Gasteiger partial charge in [-0.15, -0.1) is 0 Å². The molecule has 0 aliphatic carbocycles. The lowest BCUT2D eigenvalue weighted by molar-refractivity contribution is -0.111. The van der Waals surface area contributed by atoms with Crippen LogP contribution in [0.5, 0.6) is 5.75 Å². The fourth-order valence-corrected chi connectivity index (χ4v) is 2.83. The molecule has 33 heavy (non-hydrogen) atoms. The van der Waals surface area contributed by atoms with E-state index in [1.807, 2.05) is 31.3 Å². The minimum absolute atomic E-state index is 0.0356. The van der Waals surface area contributed by atoms with Crippen LogP contribution >= 0.6 is 11.6 Å². The van der Waals surface area contributed by atoms with Gasteiger partial charge < -0.3 is 26.0 Å². The van der Waals surface area contributed by atoms with Gasteiger partial charge >= 0.3 is 0 Å². The lowest BCUT2D eigenvalue weighted by atomic mass is 10.2. The number of carbonyl (C=O) groups is 1. The first kappa shape index (κ1) is 25.6. The first-order chi connectivity index (χ1) is 16.0. The van der Waals surface area contributed by atoms with E-state index < -0.39 is 0 Å². The molecule has 0 radical (unpaired) electrons. The number of ether oxygens (including phenoxy) is 1. The summed E-state index contributed by atoms with van der Waals surface area (Å²) in [6, 6.07) is 14.6. The van der Waals surface area contributed by atoms with Crippen molar-refractivity contribution in [3.8, 4) is 5.75 Å². The molecule has 2 aromatic rings. The molecule has 0 spiro atoms. The molecule has 0 saturated heterocycles. The van der Waals surface area contributed by atoms with Crippen LogP contribution < -0.4 is 26.0 Å². The Morgan fingerprint density at radius 3 is 2.70 bits per heavy atom. The third-order valence-electron chi connectivity index (χ3n) is 4.44. The first-order valence-electron chi connectivity index (χ1n) is 10.4. The highest BCUT2D eigenvalue weighted by molar-refractivity contribution is 6.39. The maximum Gasteiger partial charge on any atom is 0.247 e. The Morgan fingerprint density at radius 1 is 1.27 bits per heavy atom. The van der Waals surface area contributed by atoms with E-state index in [2.05, 4.69) is 39.0 Å². The Hall–Kier alpha value is -3.62. The van der Waals surface area contributed by atoms with Crippen molar-refractivity contribution >= 4 is 47.1 Å². The van der Waals surface area contributed by atoms with Gasteiger partial charge in [-0.05, 0) is 56.4 Å². The number of amides is 1. The molecule has 0 fully saturated rings. The van der Waals surface area contributed by atoms with E-state index in [0.717, 1.165) is 31.0 Å². The zero-order valence-electron chi connectivity index (χ0n) is 18.8. The minimum atomic E-state index is -0.328. The van der Waals surface area contributed by atoms with Gasteiger partial charge in [0, 0.05) is 37.1 Å². The van der Waals surface area contributed by atoms with Gasteiger partial charge in [0.05, 0.1) is 11.9 Å². The van der Waals surface area contributed by atoms with Crippen molar-refractivity contribution < 1.29 is 9.53 Å². The van der Waals surface area contributed by atoms with Gasteiger partial charge in [0.1, 0.15) is 17.1 Å². The summed E-state index contributed by atoms with van der Waals surface area (Å²) < 4.78 is 5.52. The van der Waals surface area contributed by atoms with Gasteiger partial charge in [-0.3, -0.25) is 4.79 Å². The second-order valence-electron chi connectivity index (χ2n) is 6.76. The molecular formula is C24H29ClN6O2. The summed E-state index contributed by atoms with van der Waals surface area (Å²) in [6.07, 6.45) is 3.90. The van der Waals surface area contributed by atoms with E-state index >= 15 is 0 Å². The average Bonchev–Trinajstić information content (AvgIpc) is 2.83. The van der Waals surface area contributed by atoms with E-state index in [9.17, 15) is 4.79 Å². The summed E-state index contributed by atoms with van der Waals surface area (Å²) in [4.78, 5) is 22.0. The van der Waals surface area contributed by atoms with Crippen LogP contribution in [0, 0.1) is 0 Å². The highest BCUT2D eigenvalue weighted by atomic mass is 35.5. The zero-order valence-corrected chi connectivity index (χ0v) is 19.5. The summed E-state index contributed by atoms with van der Waals surface area (Å²) in [5.41, 5.74) is 8.33. The van der Waals surface area contributed by atoms with Crippen LogP contribution in [-0.4, -0.2) is 45.1 Å². The molecule has 0 unspecified atom stereocenters. The average molecular weight is 469 g/mol. The number of halogens is 1. The molecule has 174 valence electrons. The molecule has 9 heteroatoms. The zero-order chi connectivity index (χ0) is 24.1. The topological polar surface area (TPSA) is 104 Å². The molecule has 0 aliphatic heterocycles. The Balaban J connectivity index is 1.96. The lowest BCUT2D eigenvalue weighted by Crippen LogP contribution is -2.30. The largest absolute Gasteiger partial charge is 0.440 e. The highest BCUT2D eigenvalue weighted by Gasteiger charge is 2.05. The number of nitrogens with two attached hydrogens (primary N) is 1. The van der Waals surface area contributed by atoms with Crippen molar-refractivity contribution in [3.05, 3.63) is 72.1 Å². The summed E-state index contributed by atoms with van der Waals surface area (Å²) in [7, 11) is 1.94. The summed E-state index contributed by atoms with van der Waals surface area (Å²) in [5.74, 6) is 0.0448. The molecule has 0 atom stereocenters. The Kier molecular flexibility index (Phi) is 10.7. The molecule has 0 aromatic heterocycles. The van der Waals surface area contributed by atoms with Crippen molar-refractivity contribution in [2.45, 2.75) is 6.92 Å². The number of likely N-dealkylation sites (N-methyl/N-ethyl adjacent to an activating group) is 2. The number of benzene rings is 2. The van der Waals surface area contributed by atoms with Crippen LogP contribution in [-0.2, 0) is 4.79 Å². The SMILES string of the molecule is C=CC(=O)Nc1cccc(O/C(N)=C(\Cl)C=NC=Nc2ccc(N(CC)CCNC)cc2)c1. The van der Waals surface area contributed by atoms with Crippen molar-refractivity contribution in [3.63, 3.8) is 0 Å². The summed E-state index contributed by atoms with van der Waals surface area (Å²) in [5, 5.41) is 5.91. The second kappa shape index (κ2) is 13.7. The molecule has 8 nitrogen and oxygen atoms in total. The number of aliphatic imine (C=N–C) groups is 2. The maximum atomic E-state index is 11.4. The molecular weight excluding hydrogens is 440 g/mol. The number of nitrogens with one attached hydrogen (secondary N) is 2. The van der Waals surface area contributed by atoms with Gasteiger partial charge in [-0.1, -0.05) is 24.2 Å². The van der Waals surface area contributed by atoms with E-state index in [1.165, 1.54) is 18.6 Å². The second-order valence-corrected chi connectivity index (χ2v) is 7.17. The quantitative estimate of drug-likeness (QED) is 0.189. The highest BCUT2D eigenvalue weighted by Crippen LogP contribution is 2.21. The summed E-state index contributed by atoms with van der Waals surface area (Å²) >= 11 is 6.15. The Bertz CT molecular complexity index is 1020. The summed E-state index contributed by atoms with van der Waals surface area (Å²) in [6.45, 7) is 8.32. The van der Waals surface area contributed by atoms with Crippen LogP contribution in [0.2, 0.25) is 0 Å². The molecule has 2 rings (SSSR count). The smallest absolute Gasteiger partial charge is 0.247 e. The van der Waals surface area contributed by atoms with Crippen LogP contribution in [0.1, 0.15) is 6.92 Å². The number of hydrogen-bond donors (Lipinski definition) is 3. The predicted octanol–water partition coefficient (Wildman–Crippen LogP) is 4.03. The van der Waals surface area contributed by atoms with Crippen molar-refractivity contribution in [2.75, 3.05) is 36.9 Å². The van der Waals surface area contributed by atoms with Gasteiger partial charge in [0.25, 0.3) is 0 Å². The number of allylic oxidation sites excluding steroid dienone is 1. The number of anilines is 2. The van der Waals surface area contributed by atoms with Crippen molar-refractivity contribution in [2.24, 2.45) is 15.7 Å². The van der Waals surface area contributed by atoms with Gasteiger partial charge in [-0.25, -0.2) is 9.98 Å². The Morgan fingerprint density at radius 2 is 2.03 bits per heavy atom. The van der Waals surface area contributed by atoms with Crippen LogP contribution in [0.15, 0.2) is 82.1 Å².